The normalized spacial score (nSPS) is 20.0. The number of amides is 3. The average Bonchev–Trinajstić information content (AvgIpc) is 3.36. The number of hydrogen-bond acceptors (Lipinski definition) is 5. The van der Waals surface area contributed by atoms with Crippen molar-refractivity contribution in [2.24, 2.45) is 11.8 Å². The predicted octanol–water partition coefficient (Wildman–Crippen LogP) is 3.80. The lowest BCUT2D eigenvalue weighted by Crippen LogP contribution is -2.49. The zero-order valence-electron chi connectivity index (χ0n) is 19.4. The summed E-state index contributed by atoms with van der Waals surface area (Å²) < 4.78 is 10.7. The number of piperidine rings is 2. The first-order chi connectivity index (χ1) is 17.0. The third-order valence-electron chi connectivity index (χ3n) is 6.97. The van der Waals surface area contributed by atoms with E-state index in [2.05, 4.69) is 5.32 Å². The zero-order valence-corrected chi connectivity index (χ0v) is 20.1. The van der Waals surface area contributed by atoms with Gasteiger partial charge in [0, 0.05) is 54.4 Å². The van der Waals surface area contributed by atoms with Crippen LogP contribution in [0.1, 0.15) is 36.0 Å². The van der Waals surface area contributed by atoms with Crippen molar-refractivity contribution in [1.29, 1.82) is 0 Å². The van der Waals surface area contributed by atoms with Gasteiger partial charge in [0.05, 0.1) is 5.92 Å². The number of rotatable bonds is 4. The summed E-state index contributed by atoms with van der Waals surface area (Å²) >= 11 is 5.93. The Hall–Kier alpha value is -3.26. The lowest BCUT2D eigenvalue weighted by atomic mass is 9.92. The Labute approximate surface area is 209 Å². The molecule has 184 valence electrons. The number of halogens is 1. The molecule has 1 N–H and O–H groups in total. The SMILES string of the molecule is O=C(Nc1ccc2c(c1)OCO2)C1CCN(C(=O)[C@H]2CCCN(C(=O)c3ccc(Cl)cc3)C2)CC1. The Morgan fingerprint density at radius 3 is 2.37 bits per heavy atom. The van der Waals surface area contributed by atoms with Gasteiger partial charge in [0.1, 0.15) is 0 Å². The number of anilines is 1. The standard InChI is InChI=1S/C26H28ClN3O5/c27-20-5-3-18(4-6-20)25(32)30-11-1-2-19(15-30)26(33)29-12-9-17(10-13-29)24(31)28-21-7-8-22-23(14-21)35-16-34-22/h3-8,14,17,19H,1-2,9-13,15-16H2,(H,28,31)/t19-/m0/s1. The summed E-state index contributed by atoms with van der Waals surface area (Å²) in [5.41, 5.74) is 1.25. The molecule has 2 aromatic carbocycles. The molecule has 0 bridgehead atoms. The van der Waals surface area contributed by atoms with Crippen LogP contribution in [0, 0.1) is 11.8 Å². The highest BCUT2D eigenvalue weighted by Gasteiger charge is 2.34. The van der Waals surface area contributed by atoms with Crippen LogP contribution in [-0.4, -0.2) is 60.5 Å². The molecule has 0 radical (unpaired) electrons. The Morgan fingerprint density at radius 1 is 0.857 bits per heavy atom. The third-order valence-corrected chi connectivity index (χ3v) is 7.22. The van der Waals surface area contributed by atoms with Crippen LogP contribution >= 0.6 is 11.6 Å². The van der Waals surface area contributed by atoms with E-state index in [1.165, 1.54) is 0 Å². The van der Waals surface area contributed by atoms with E-state index in [0.717, 1.165) is 12.8 Å². The first-order valence-electron chi connectivity index (χ1n) is 12.0. The molecule has 9 heteroatoms. The van der Waals surface area contributed by atoms with Crippen molar-refractivity contribution in [1.82, 2.24) is 9.80 Å². The van der Waals surface area contributed by atoms with Crippen LogP contribution in [0.2, 0.25) is 5.02 Å². The third kappa shape index (κ3) is 5.22. The van der Waals surface area contributed by atoms with Crippen molar-refractivity contribution < 1.29 is 23.9 Å². The number of carbonyl (C=O) groups excluding carboxylic acids is 3. The fraction of sp³-hybridized carbons (Fsp3) is 0.423. The first-order valence-corrected chi connectivity index (χ1v) is 12.4. The quantitative estimate of drug-likeness (QED) is 0.694. The molecule has 3 aliphatic heterocycles. The molecule has 2 saturated heterocycles. The van der Waals surface area contributed by atoms with Crippen LogP contribution < -0.4 is 14.8 Å². The molecule has 5 rings (SSSR count). The number of benzene rings is 2. The highest BCUT2D eigenvalue weighted by molar-refractivity contribution is 6.30. The molecule has 0 saturated carbocycles. The number of ether oxygens (including phenoxy) is 2. The zero-order chi connectivity index (χ0) is 24.4. The van der Waals surface area contributed by atoms with Gasteiger partial charge in [-0.25, -0.2) is 0 Å². The average molecular weight is 498 g/mol. The van der Waals surface area contributed by atoms with Crippen molar-refractivity contribution in [3.05, 3.63) is 53.1 Å². The second-order valence-electron chi connectivity index (χ2n) is 9.25. The summed E-state index contributed by atoms with van der Waals surface area (Å²) in [7, 11) is 0. The molecule has 2 fully saturated rings. The van der Waals surface area contributed by atoms with Crippen LogP contribution in [0.25, 0.3) is 0 Å². The van der Waals surface area contributed by atoms with E-state index >= 15 is 0 Å². The highest BCUT2D eigenvalue weighted by atomic mass is 35.5. The van der Waals surface area contributed by atoms with E-state index in [0.29, 0.717) is 66.8 Å². The molecule has 3 amide bonds. The van der Waals surface area contributed by atoms with Crippen LogP contribution in [0.3, 0.4) is 0 Å². The fourth-order valence-corrected chi connectivity index (χ4v) is 5.10. The van der Waals surface area contributed by atoms with Gasteiger partial charge in [-0.2, -0.15) is 0 Å². The molecule has 3 aliphatic rings. The van der Waals surface area contributed by atoms with Crippen molar-refractivity contribution in [2.45, 2.75) is 25.7 Å². The molecule has 35 heavy (non-hydrogen) atoms. The smallest absolute Gasteiger partial charge is 0.253 e. The minimum absolute atomic E-state index is 0.0478. The summed E-state index contributed by atoms with van der Waals surface area (Å²) in [6.07, 6.45) is 2.79. The molecule has 0 unspecified atom stereocenters. The maximum absolute atomic E-state index is 13.2. The van der Waals surface area contributed by atoms with Crippen molar-refractivity contribution in [2.75, 3.05) is 38.3 Å². The van der Waals surface area contributed by atoms with Crippen LogP contribution in [-0.2, 0) is 9.59 Å². The second kappa shape index (κ2) is 10.2. The number of likely N-dealkylation sites (tertiary alicyclic amines) is 2. The Kier molecular flexibility index (Phi) is 6.81. The molecule has 0 spiro atoms. The predicted molar refractivity (Wildman–Crippen MR) is 131 cm³/mol. The minimum Gasteiger partial charge on any atom is -0.454 e. The van der Waals surface area contributed by atoms with Crippen molar-refractivity contribution in [3.8, 4) is 11.5 Å². The van der Waals surface area contributed by atoms with Crippen molar-refractivity contribution >= 4 is 35.0 Å². The summed E-state index contributed by atoms with van der Waals surface area (Å²) in [5.74, 6) is 0.891. The summed E-state index contributed by atoms with van der Waals surface area (Å²) in [5, 5.41) is 3.54. The molecular weight excluding hydrogens is 470 g/mol. The van der Waals surface area contributed by atoms with Gasteiger partial charge in [0.25, 0.3) is 5.91 Å². The van der Waals surface area contributed by atoms with E-state index in [4.69, 9.17) is 21.1 Å². The van der Waals surface area contributed by atoms with Gasteiger partial charge in [-0.1, -0.05) is 11.6 Å². The molecule has 0 aromatic heterocycles. The summed E-state index contributed by atoms with van der Waals surface area (Å²) in [6.45, 7) is 2.34. The lowest BCUT2D eigenvalue weighted by molar-refractivity contribution is -0.139. The monoisotopic (exact) mass is 497 g/mol. The molecule has 1 atom stereocenters. The van der Waals surface area contributed by atoms with Gasteiger partial charge in [-0.3, -0.25) is 14.4 Å². The van der Waals surface area contributed by atoms with Crippen LogP contribution in [0.15, 0.2) is 42.5 Å². The molecule has 8 nitrogen and oxygen atoms in total. The fourth-order valence-electron chi connectivity index (χ4n) is 4.98. The van der Waals surface area contributed by atoms with Gasteiger partial charge in [-0.05, 0) is 62.1 Å². The van der Waals surface area contributed by atoms with E-state index < -0.39 is 0 Å². The number of carbonyl (C=O) groups is 3. The van der Waals surface area contributed by atoms with E-state index in [9.17, 15) is 14.4 Å². The summed E-state index contributed by atoms with van der Waals surface area (Å²) in [4.78, 5) is 42.5. The topological polar surface area (TPSA) is 88.2 Å². The molecule has 3 heterocycles. The van der Waals surface area contributed by atoms with E-state index in [-0.39, 0.29) is 36.4 Å². The van der Waals surface area contributed by atoms with Gasteiger partial charge in [-0.15, -0.1) is 0 Å². The Balaban J connectivity index is 1.12. The number of nitrogens with one attached hydrogen (secondary N) is 1. The van der Waals surface area contributed by atoms with Crippen LogP contribution in [0.5, 0.6) is 11.5 Å². The second-order valence-corrected chi connectivity index (χ2v) is 9.69. The maximum atomic E-state index is 13.2. The number of fused-ring (bicyclic) bond motifs is 1. The van der Waals surface area contributed by atoms with Crippen molar-refractivity contribution in [3.63, 3.8) is 0 Å². The minimum atomic E-state index is -0.209. The van der Waals surface area contributed by atoms with Gasteiger partial charge < -0.3 is 24.6 Å². The van der Waals surface area contributed by atoms with E-state index in [1.54, 1.807) is 47.4 Å². The number of hydrogen-bond donors (Lipinski definition) is 1. The molecular formula is C26H28ClN3O5. The van der Waals surface area contributed by atoms with Gasteiger partial charge in [0.2, 0.25) is 18.6 Å². The van der Waals surface area contributed by atoms with Crippen LogP contribution in [0.4, 0.5) is 5.69 Å². The Bertz CT molecular complexity index is 1110. The largest absolute Gasteiger partial charge is 0.454 e. The molecule has 0 aliphatic carbocycles. The van der Waals surface area contributed by atoms with Gasteiger partial charge >= 0.3 is 0 Å². The maximum Gasteiger partial charge on any atom is 0.253 e. The summed E-state index contributed by atoms with van der Waals surface area (Å²) in [6, 6.07) is 12.2. The number of nitrogens with zero attached hydrogens (tertiary/aromatic N) is 2. The van der Waals surface area contributed by atoms with Gasteiger partial charge in [0.15, 0.2) is 11.5 Å². The molecule has 2 aromatic rings. The Morgan fingerprint density at radius 2 is 1.60 bits per heavy atom. The first kappa shape index (κ1) is 23.5. The van der Waals surface area contributed by atoms with E-state index in [1.807, 2.05) is 4.90 Å². The highest BCUT2D eigenvalue weighted by Crippen LogP contribution is 2.34. The lowest BCUT2D eigenvalue weighted by Gasteiger charge is -2.37.